The number of ether oxygens (including phenoxy) is 1. The lowest BCUT2D eigenvalue weighted by atomic mass is 9.78. The molecular weight excluding hydrogens is 385 g/mol. The third kappa shape index (κ3) is 3.32. The van der Waals surface area contributed by atoms with Gasteiger partial charge in [-0.25, -0.2) is 9.18 Å². The molecule has 162 valence electrons. The molecule has 1 aliphatic carbocycles. The lowest BCUT2D eigenvalue weighted by molar-refractivity contribution is -0.138. The number of carbonyl (C=O) groups is 2. The maximum atomic E-state index is 15.0. The maximum absolute atomic E-state index is 15.0. The minimum absolute atomic E-state index is 0.288. The number of hydrogen-bond donors (Lipinski definition) is 0. The third-order valence-electron chi connectivity index (χ3n) is 7.48. The summed E-state index contributed by atoms with van der Waals surface area (Å²) in [6.45, 7) is 2.94. The predicted molar refractivity (Wildman–Crippen MR) is 112 cm³/mol. The largest absolute Gasteiger partial charge is 0.447 e. The average Bonchev–Trinajstić information content (AvgIpc) is 3.32. The number of carbonyl (C=O) groups excluding carboxylic acids is 2. The lowest BCUT2D eigenvalue weighted by Gasteiger charge is -2.41. The molecule has 3 saturated heterocycles. The van der Waals surface area contributed by atoms with Gasteiger partial charge in [-0.3, -0.25) is 9.69 Å². The van der Waals surface area contributed by atoms with Crippen molar-refractivity contribution in [3.63, 3.8) is 0 Å². The Kier molecular flexibility index (Phi) is 5.07. The Morgan fingerprint density at radius 2 is 1.83 bits per heavy atom. The number of rotatable bonds is 3. The highest BCUT2D eigenvalue weighted by atomic mass is 19.1. The molecule has 1 spiro atoms. The third-order valence-corrected chi connectivity index (χ3v) is 7.48. The van der Waals surface area contributed by atoms with E-state index in [-0.39, 0.29) is 17.1 Å². The minimum Gasteiger partial charge on any atom is -0.447 e. The average molecular weight is 416 g/mol. The zero-order valence-corrected chi connectivity index (χ0v) is 17.4. The van der Waals surface area contributed by atoms with Gasteiger partial charge in [0.1, 0.15) is 12.4 Å². The molecule has 2 amide bonds. The number of piperidine rings is 1. The topological polar surface area (TPSA) is 53.1 Å². The molecule has 3 aliphatic heterocycles. The van der Waals surface area contributed by atoms with Crippen molar-refractivity contribution in [1.82, 2.24) is 4.90 Å². The molecule has 1 saturated carbocycles. The van der Waals surface area contributed by atoms with Crippen LogP contribution in [0.15, 0.2) is 18.2 Å². The van der Waals surface area contributed by atoms with Gasteiger partial charge in [0.2, 0.25) is 5.91 Å². The van der Waals surface area contributed by atoms with E-state index in [2.05, 4.69) is 4.90 Å². The van der Waals surface area contributed by atoms with Gasteiger partial charge in [-0.15, -0.1) is 0 Å². The molecule has 1 aromatic carbocycles. The van der Waals surface area contributed by atoms with E-state index in [9.17, 15) is 9.59 Å². The van der Waals surface area contributed by atoms with Crippen LogP contribution in [0.2, 0.25) is 0 Å². The molecule has 7 heteroatoms. The predicted octanol–water partition coefficient (Wildman–Crippen LogP) is 3.93. The molecule has 6 nitrogen and oxygen atoms in total. The van der Waals surface area contributed by atoms with Gasteiger partial charge in [-0.05, 0) is 50.3 Å². The summed E-state index contributed by atoms with van der Waals surface area (Å²) in [5.41, 5.74) is 0.666. The quantitative estimate of drug-likeness (QED) is 0.751. The number of amides is 2. The zero-order valence-electron chi connectivity index (χ0n) is 17.4. The number of benzene rings is 1. The van der Waals surface area contributed by atoms with Crippen LogP contribution in [0.5, 0.6) is 0 Å². The monoisotopic (exact) mass is 415 g/mol. The Morgan fingerprint density at radius 3 is 2.57 bits per heavy atom. The summed E-state index contributed by atoms with van der Waals surface area (Å²) in [6.07, 6.45) is 8.19. The molecule has 30 heavy (non-hydrogen) atoms. The standard InChI is InChI=1S/C23H30FN3O3/c24-19-15-18(27-13-14-30-22(27)29)7-8-20(19)25-11-4-9-23(16-25)10-12-26(21(23)28)17-5-2-1-3-6-17/h7-8,15,17H,1-6,9-14,16H2/t23-/m0/s1. The Labute approximate surface area is 176 Å². The number of halogens is 1. The van der Waals surface area contributed by atoms with Gasteiger partial charge in [0, 0.05) is 25.7 Å². The van der Waals surface area contributed by atoms with Gasteiger partial charge in [-0.1, -0.05) is 19.3 Å². The molecular formula is C23H30FN3O3. The smallest absolute Gasteiger partial charge is 0.414 e. The summed E-state index contributed by atoms with van der Waals surface area (Å²) in [4.78, 5) is 30.8. The second kappa shape index (κ2) is 7.75. The van der Waals surface area contributed by atoms with Gasteiger partial charge in [-0.2, -0.15) is 0 Å². The van der Waals surface area contributed by atoms with E-state index < -0.39 is 6.09 Å². The highest BCUT2D eigenvalue weighted by Crippen LogP contribution is 2.44. The van der Waals surface area contributed by atoms with E-state index in [0.717, 1.165) is 45.2 Å². The summed E-state index contributed by atoms with van der Waals surface area (Å²) < 4.78 is 20.0. The van der Waals surface area contributed by atoms with Crippen LogP contribution < -0.4 is 9.80 Å². The molecule has 3 heterocycles. The fraction of sp³-hybridized carbons (Fsp3) is 0.652. The first kappa shape index (κ1) is 19.6. The van der Waals surface area contributed by atoms with Crippen molar-refractivity contribution in [2.75, 3.05) is 42.6 Å². The fourth-order valence-electron chi connectivity index (χ4n) is 5.85. The van der Waals surface area contributed by atoms with E-state index in [1.54, 1.807) is 12.1 Å². The van der Waals surface area contributed by atoms with E-state index in [1.165, 1.54) is 30.2 Å². The Hall–Kier alpha value is -2.31. The van der Waals surface area contributed by atoms with E-state index in [1.807, 2.05) is 4.90 Å². The molecule has 4 fully saturated rings. The molecule has 0 unspecified atom stereocenters. The number of hydrogen-bond acceptors (Lipinski definition) is 4. The van der Waals surface area contributed by atoms with Crippen molar-refractivity contribution in [2.45, 2.75) is 57.4 Å². The molecule has 0 N–H and O–H groups in total. The van der Waals surface area contributed by atoms with Crippen molar-refractivity contribution >= 4 is 23.4 Å². The molecule has 1 atom stereocenters. The van der Waals surface area contributed by atoms with Crippen molar-refractivity contribution in [3.05, 3.63) is 24.0 Å². The van der Waals surface area contributed by atoms with Gasteiger partial charge in [0.15, 0.2) is 0 Å². The zero-order chi connectivity index (χ0) is 20.7. The molecule has 0 aromatic heterocycles. The first-order valence-electron chi connectivity index (χ1n) is 11.4. The first-order valence-corrected chi connectivity index (χ1v) is 11.4. The highest BCUT2D eigenvalue weighted by molar-refractivity contribution is 5.89. The SMILES string of the molecule is O=C1OCCN1c1ccc(N2CCC[C@]3(CCN(C4CCCCC4)C3=O)C2)c(F)c1. The van der Waals surface area contributed by atoms with Crippen LogP contribution in [-0.2, 0) is 9.53 Å². The van der Waals surface area contributed by atoms with Crippen molar-refractivity contribution in [3.8, 4) is 0 Å². The van der Waals surface area contributed by atoms with Crippen LogP contribution in [0, 0.1) is 11.2 Å². The molecule has 0 radical (unpaired) electrons. The van der Waals surface area contributed by atoms with Crippen LogP contribution in [-0.4, -0.2) is 55.7 Å². The lowest BCUT2D eigenvalue weighted by Crippen LogP contribution is -2.50. The first-order chi connectivity index (χ1) is 14.6. The van der Waals surface area contributed by atoms with Crippen molar-refractivity contribution in [1.29, 1.82) is 0 Å². The number of nitrogens with zero attached hydrogens (tertiary/aromatic N) is 3. The van der Waals surface area contributed by atoms with Gasteiger partial charge >= 0.3 is 6.09 Å². The minimum atomic E-state index is -0.432. The molecule has 5 rings (SSSR count). The van der Waals surface area contributed by atoms with E-state index in [0.29, 0.717) is 37.1 Å². The summed E-state index contributed by atoms with van der Waals surface area (Å²) in [7, 11) is 0. The van der Waals surface area contributed by atoms with Crippen LogP contribution in [0.4, 0.5) is 20.6 Å². The van der Waals surface area contributed by atoms with Crippen LogP contribution in [0.1, 0.15) is 51.4 Å². The van der Waals surface area contributed by atoms with Crippen LogP contribution >= 0.6 is 0 Å². The Bertz CT molecular complexity index is 841. The van der Waals surface area contributed by atoms with E-state index in [4.69, 9.17) is 4.74 Å². The number of likely N-dealkylation sites (tertiary alicyclic amines) is 1. The molecule has 1 aromatic rings. The normalized spacial score (nSPS) is 28.0. The van der Waals surface area contributed by atoms with Crippen molar-refractivity contribution < 1.29 is 18.7 Å². The van der Waals surface area contributed by atoms with E-state index >= 15 is 4.39 Å². The maximum Gasteiger partial charge on any atom is 0.414 e. The Balaban J connectivity index is 1.33. The van der Waals surface area contributed by atoms with Gasteiger partial charge in [0.25, 0.3) is 0 Å². The summed E-state index contributed by atoms with van der Waals surface area (Å²) in [5, 5.41) is 0. The van der Waals surface area contributed by atoms with Crippen LogP contribution in [0.3, 0.4) is 0 Å². The second-order valence-electron chi connectivity index (χ2n) is 9.25. The molecule has 0 bridgehead atoms. The summed E-state index contributed by atoms with van der Waals surface area (Å²) >= 11 is 0. The summed E-state index contributed by atoms with van der Waals surface area (Å²) in [6, 6.07) is 5.33. The highest BCUT2D eigenvalue weighted by Gasteiger charge is 2.50. The number of cyclic esters (lactones) is 1. The van der Waals surface area contributed by atoms with Crippen LogP contribution in [0.25, 0.3) is 0 Å². The number of anilines is 2. The summed E-state index contributed by atoms with van der Waals surface area (Å²) in [5.74, 6) is -0.0604. The van der Waals surface area contributed by atoms with Crippen molar-refractivity contribution in [2.24, 2.45) is 5.41 Å². The fourth-order valence-corrected chi connectivity index (χ4v) is 5.85. The molecule has 4 aliphatic rings. The second-order valence-corrected chi connectivity index (χ2v) is 9.25. The van der Waals surface area contributed by atoms with Gasteiger partial charge < -0.3 is 14.5 Å². The van der Waals surface area contributed by atoms with Gasteiger partial charge in [0.05, 0.1) is 23.3 Å². The Morgan fingerprint density at radius 1 is 1.00 bits per heavy atom.